The molecule has 0 saturated carbocycles. The molecular weight excluding hydrogens is 249 g/mol. The molecule has 0 atom stereocenters. The van der Waals surface area contributed by atoms with Gasteiger partial charge in [-0.05, 0) is 13.0 Å². The van der Waals surface area contributed by atoms with Crippen LogP contribution in [0.15, 0.2) is 29.0 Å². The van der Waals surface area contributed by atoms with Crippen LogP contribution in [0.25, 0.3) is 0 Å². The largest absolute Gasteiger partial charge is 0.454 e. The van der Waals surface area contributed by atoms with Crippen LogP contribution in [0.4, 0.5) is 13.2 Å². The number of Topliss-reactive ketones (excluding diaryl/α,β-unsaturated/α-hetero) is 1. The molecule has 0 N–H and O–H groups in total. The molecule has 0 spiro atoms. The monoisotopic (exact) mass is 258 g/mol. The van der Waals surface area contributed by atoms with Crippen molar-refractivity contribution < 1.29 is 22.5 Å². The summed E-state index contributed by atoms with van der Waals surface area (Å²) in [5.41, 5.74) is 0.294. The molecule has 0 radical (unpaired) electrons. The fraction of sp³-hybridized carbons (Fsp3) is 0.273. The number of halogens is 3. The van der Waals surface area contributed by atoms with Gasteiger partial charge in [0.25, 0.3) is 5.78 Å². The van der Waals surface area contributed by atoms with Gasteiger partial charge in [0.15, 0.2) is 5.76 Å². The van der Waals surface area contributed by atoms with Crippen LogP contribution in [0, 0.1) is 6.92 Å². The van der Waals surface area contributed by atoms with Gasteiger partial charge in [-0.25, -0.2) is 0 Å². The Balaban J connectivity index is 2.14. The zero-order valence-electron chi connectivity index (χ0n) is 9.36. The molecule has 7 heteroatoms. The van der Waals surface area contributed by atoms with E-state index in [-0.39, 0.29) is 6.54 Å². The number of hydrogen-bond donors (Lipinski definition) is 0. The minimum Gasteiger partial charge on any atom is -0.359 e. The summed E-state index contributed by atoms with van der Waals surface area (Å²) in [6.07, 6.45) is -2.33. The van der Waals surface area contributed by atoms with Crippen molar-refractivity contribution in [1.82, 2.24) is 9.72 Å². The molecule has 2 aromatic heterocycles. The maximum absolute atomic E-state index is 12.2. The Morgan fingerprint density at radius 1 is 1.50 bits per heavy atom. The molecule has 18 heavy (non-hydrogen) atoms. The van der Waals surface area contributed by atoms with Crippen LogP contribution in [-0.4, -0.2) is 21.7 Å². The summed E-state index contributed by atoms with van der Waals surface area (Å²) >= 11 is 0. The first-order valence-electron chi connectivity index (χ1n) is 5.06. The van der Waals surface area contributed by atoms with E-state index in [2.05, 4.69) is 5.16 Å². The molecule has 0 amide bonds. The molecule has 2 aromatic rings. The van der Waals surface area contributed by atoms with E-state index in [9.17, 15) is 18.0 Å². The van der Waals surface area contributed by atoms with Gasteiger partial charge in [0.05, 0.1) is 12.2 Å². The summed E-state index contributed by atoms with van der Waals surface area (Å²) in [5, 5.41) is 3.66. The normalized spacial score (nSPS) is 11.8. The lowest BCUT2D eigenvalue weighted by Gasteiger charge is -2.02. The molecular formula is C11H9F3N2O2. The van der Waals surface area contributed by atoms with Crippen LogP contribution in [0.3, 0.4) is 0 Å². The number of carbonyl (C=O) groups is 1. The van der Waals surface area contributed by atoms with Crippen LogP contribution >= 0.6 is 0 Å². The maximum Gasteiger partial charge on any atom is 0.454 e. The first kappa shape index (κ1) is 12.4. The minimum absolute atomic E-state index is 0.228. The summed E-state index contributed by atoms with van der Waals surface area (Å²) in [4.78, 5) is 11.0. The lowest BCUT2D eigenvalue weighted by Crippen LogP contribution is -2.22. The van der Waals surface area contributed by atoms with Crippen molar-refractivity contribution in [3.63, 3.8) is 0 Å². The van der Waals surface area contributed by atoms with Gasteiger partial charge in [0, 0.05) is 24.0 Å². The molecule has 0 fully saturated rings. The van der Waals surface area contributed by atoms with E-state index in [1.807, 2.05) is 0 Å². The fourth-order valence-electron chi connectivity index (χ4n) is 1.51. The SMILES string of the molecule is Cc1cc(Cn2ccc(C(=O)C(F)(F)F)c2)on1. The number of ketones is 1. The zero-order valence-corrected chi connectivity index (χ0v) is 9.36. The van der Waals surface area contributed by atoms with Crippen molar-refractivity contribution in [2.24, 2.45) is 0 Å². The molecule has 2 heterocycles. The first-order chi connectivity index (χ1) is 8.36. The summed E-state index contributed by atoms with van der Waals surface area (Å²) in [6.45, 7) is 1.97. The second-order valence-electron chi connectivity index (χ2n) is 3.83. The highest BCUT2D eigenvalue weighted by Crippen LogP contribution is 2.21. The minimum atomic E-state index is -4.85. The van der Waals surface area contributed by atoms with Gasteiger partial charge in [-0.15, -0.1) is 0 Å². The predicted molar refractivity (Wildman–Crippen MR) is 55.2 cm³/mol. The van der Waals surface area contributed by atoms with Crippen molar-refractivity contribution in [3.8, 4) is 0 Å². The smallest absolute Gasteiger partial charge is 0.359 e. The van der Waals surface area contributed by atoms with Crippen molar-refractivity contribution in [2.75, 3.05) is 0 Å². The van der Waals surface area contributed by atoms with Crippen molar-refractivity contribution >= 4 is 5.78 Å². The number of aromatic nitrogens is 2. The van der Waals surface area contributed by atoms with Gasteiger partial charge in [-0.3, -0.25) is 4.79 Å². The van der Waals surface area contributed by atoms with Crippen molar-refractivity contribution in [1.29, 1.82) is 0 Å². The lowest BCUT2D eigenvalue weighted by atomic mass is 10.2. The Morgan fingerprint density at radius 2 is 2.22 bits per heavy atom. The zero-order chi connectivity index (χ0) is 13.3. The van der Waals surface area contributed by atoms with Crippen LogP contribution in [0.5, 0.6) is 0 Å². The van der Waals surface area contributed by atoms with E-state index < -0.39 is 17.5 Å². The van der Waals surface area contributed by atoms with E-state index >= 15 is 0 Å². The maximum atomic E-state index is 12.2. The third-order valence-corrected chi connectivity index (χ3v) is 2.29. The Kier molecular flexibility index (Phi) is 2.98. The molecule has 0 aromatic carbocycles. The van der Waals surface area contributed by atoms with E-state index in [0.29, 0.717) is 11.5 Å². The van der Waals surface area contributed by atoms with Gasteiger partial charge in [-0.1, -0.05) is 5.16 Å². The van der Waals surface area contributed by atoms with E-state index in [1.54, 1.807) is 13.0 Å². The van der Waals surface area contributed by atoms with Gasteiger partial charge in [-0.2, -0.15) is 13.2 Å². The van der Waals surface area contributed by atoms with Crippen molar-refractivity contribution in [3.05, 3.63) is 41.5 Å². The Labute approximate surface area is 100.0 Å². The molecule has 96 valence electrons. The molecule has 0 aliphatic rings. The highest BCUT2D eigenvalue weighted by Gasteiger charge is 2.39. The van der Waals surface area contributed by atoms with Crippen LogP contribution in [-0.2, 0) is 6.54 Å². The number of hydrogen-bond acceptors (Lipinski definition) is 3. The van der Waals surface area contributed by atoms with E-state index in [0.717, 1.165) is 12.3 Å². The predicted octanol–water partition coefficient (Wildman–Crippen LogP) is 2.58. The summed E-state index contributed by atoms with van der Waals surface area (Å²) in [6, 6.07) is 2.80. The van der Waals surface area contributed by atoms with Gasteiger partial charge < -0.3 is 9.09 Å². The van der Waals surface area contributed by atoms with Gasteiger partial charge in [0.1, 0.15) is 0 Å². The number of carbonyl (C=O) groups excluding carboxylic acids is 1. The van der Waals surface area contributed by atoms with Gasteiger partial charge in [0.2, 0.25) is 0 Å². The molecule has 0 bridgehead atoms. The first-order valence-corrected chi connectivity index (χ1v) is 5.06. The second kappa shape index (κ2) is 4.32. The number of aryl methyl sites for hydroxylation is 1. The third kappa shape index (κ3) is 2.61. The molecule has 0 aliphatic heterocycles. The summed E-state index contributed by atoms with van der Waals surface area (Å²) < 4.78 is 42.9. The summed E-state index contributed by atoms with van der Waals surface area (Å²) in [7, 11) is 0. The fourth-order valence-corrected chi connectivity index (χ4v) is 1.51. The topological polar surface area (TPSA) is 48.0 Å². The highest BCUT2D eigenvalue weighted by atomic mass is 19.4. The van der Waals surface area contributed by atoms with Gasteiger partial charge >= 0.3 is 6.18 Å². The molecule has 4 nitrogen and oxygen atoms in total. The lowest BCUT2D eigenvalue weighted by molar-refractivity contribution is -0.0885. The molecule has 0 saturated heterocycles. The molecule has 0 aliphatic carbocycles. The van der Waals surface area contributed by atoms with E-state index in [1.165, 1.54) is 10.8 Å². The molecule has 0 unspecified atom stereocenters. The Morgan fingerprint density at radius 3 is 2.78 bits per heavy atom. The highest BCUT2D eigenvalue weighted by molar-refractivity contribution is 6.00. The van der Waals surface area contributed by atoms with Crippen LogP contribution < -0.4 is 0 Å². The number of alkyl halides is 3. The quantitative estimate of drug-likeness (QED) is 0.795. The summed E-state index contributed by atoms with van der Waals surface area (Å²) in [5.74, 6) is -1.34. The second-order valence-corrected chi connectivity index (χ2v) is 3.83. The molecule has 2 rings (SSSR count). The number of rotatable bonds is 3. The Bertz CT molecular complexity index is 569. The Hall–Kier alpha value is -2.05. The average molecular weight is 258 g/mol. The average Bonchev–Trinajstić information content (AvgIpc) is 2.86. The third-order valence-electron chi connectivity index (χ3n) is 2.29. The van der Waals surface area contributed by atoms with E-state index in [4.69, 9.17) is 4.52 Å². The van der Waals surface area contributed by atoms with Crippen LogP contribution in [0.1, 0.15) is 21.8 Å². The van der Waals surface area contributed by atoms with Crippen LogP contribution in [0.2, 0.25) is 0 Å². The standard InChI is InChI=1S/C11H9F3N2O2/c1-7-4-9(18-15-7)6-16-3-2-8(5-16)10(17)11(12,13)14/h2-5H,6H2,1H3. The van der Waals surface area contributed by atoms with Crippen molar-refractivity contribution in [2.45, 2.75) is 19.6 Å². The number of nitrogens with zero attached hydrogens (tertiary/aromatic N) is 2.